The van der Waals surface area contributed by atoms with Crippen molar-refractivity contribution in [3.63, 3.8) is 0 Å². The second-order valence-corrected chi connectivity index (χ2v) is 14.8. The monoisotopic (exact) mass is 652 g/mol. The Morgan fingerprint density at radius 3 is 2.38 bits per heavy atom. The fourth-order valence-corrected chi connectivity index (χ4v) is 8.08. The van der Waals surface area contributed by atoms with Crippen LogP contribution in [-0.4, -0.2) is 58.5 Å². The number of benzene rings is 2. The van der Waals surface area contributed by atoms with Crippen LogP contribution in [0.3, 0.4) is 0 Å². The minimum Gasteiger partial charge on any atom is -0.387 e. The number of aliphatic hydroxyl groups excluding tert-OH is 1. The zero-order valence-electron chi connectivity index (χ0n) is 28.1. The zero-order chi connectivity index (χ0) is 34.5. The molecular weight excluding hydrogens is 602 g/mol. The first kappa shape index (κ1) is 36.5. The average Bonchev–Trinajstić information content (AvgIpc) is 3.53. The molecule has 2 aromatic rings. The summed E-state index contributed by atoms with van der Waals surface area (Å²) >= 11 is 0. The third-order valence-electron chi connectivity index (χ3n) is 10.3. The number of nitrogens with two attached hydrogens (primary N) is 1. The van der Waals surface area contributed by atoms with E-state index >= 15 is 4.39 Å². The van der Waals surface area contributed by atoms with E-state index in [4.69, 9.17) is 5.73 Å². The first-order chi connectivity index (χ1) is 22.2. The van der Waals surface area contributed by atoms with Gasteiger partial charge in [-0.1, -0.05) is 58.0 Å². The smallest absolute Gasteiger partial charge is 0.248 e. The first-order valence-electron chi connectivity index (χ1n) is 16.9. The molecule has 7 atom stereocenters. The number of hydrogen-bond acceptors (Lipinski definition) is 6. The van der Waals surface area contributed by atoms with Gasteiger partial charge in [0.15, 0.2) is 0 Å². The van der Waals surface area contributed by atoms with E-state index in [9.17, 15) is 28.7 Å². The minimum atomic E-state index is -0.864. The van der Waals surface area contributed by atoms with E-state index in [0.717, 1.165) is 17.7 Å². The fourth-order valence-electron chi connectivity index (χ4n) is 8.08. The van der Waals surface area contributed by atoms with Gasteiger partial charge in [-0.3, -0.25) is 19.2 Å². The second-order valence-electron chi connectivity index (χ2n) is 14.8. The summed E-state index contributed by atoms with van der Waals surface area (Å²) in [5, 5.41) is 10.1. The van der Waals surface area contributed by atoms with Crippen molar-refractivity contribution in [3.05, 3.63) is 71.3 Å². The van der Waals surface area contributed by atoms with Crippen LogP contribution in [0.25, 0.3) is 0 Å². The van der Waals surface area contributed by atoms with Crippen molar-refractivity contribution >= 4 is 23.3 Å². The number of carbonyl (C=O) groups is 4. The fraction of sp³-hybridized carbons (Fsp3) is 0.579. The number of amides is 1. The molecular formula is C38H50F2N2O5. The second kappa shape index (κ2) is 15.7. The summed E-state index contributed by atoms with van der Waals surface area (Å²) in [6.07, 6.45) is 3.10. The number of Topliss-reactive ketones (excluding diaryl/α,β-unsaturated/α-hetero) is 3. The number of rotatable bonds is 14. The highest BCUT2D eigenvalue weighted by molar-refractivity contribution is 6.09. The molecule has 47 heavy (non-hydrogen) atoms. The van der Waals surface area contributed by atoms with Crippen LogP contribution in [0, 0.1) is 40.7 Å². The Bertz CT molecular complexity index is 1420. The lowest BCUT2D eigenvalue weighted by molar-refractivity contribution is -0.142. The van der Waals surface area contributed by atoms with Crippen LogP contribution in [-0.2, 0) is 25.6 Å². The predicted molar refractivity (Wildman–Crippen MR) is 176 cm³/mol. The summed E-state index contributed by atoms with van der Waals surface area (Å²) in [7, 11) is 0. The molecule has 2 saturated carbocycles. The van der Waals surface area contributed by atoms with E-state index in [2.05, 4.69) is 0 Å². The Morgan fingerprint density at radius 1 is 1.06 bits per heavy atom. The van der Waals surface area contributed by atoms with Gasteiger partial charge in [0, 0.05) is 31.3 Å². The van der Waals surface area contributed by atoms with Crippen LogP contribution in [0.4, 0.5) is 8.78 Å². The Labute approximate surface area is 277 Å². The van der Waals surface area contributed by atoms with E-state index in [1.54, 1.807) is 11.8 Å². The lowest BCUT2D eigenvalue weighted by Gasteiger charge is -2.46. The largest absolute Gasteiger partial charge is 0.387 e. The van der Waals surface area contributed by atoms with Crippen LogP contribution < -0.4 is 5.73 Å². The molecule has 1 amide bonds. The van der Waals surface area contributed by atoms with Gasteiger partial charge < -0.3 is 15.7 Å². The summed E-state index contributed by atoms with van der Waals surface area (Å²) in [5.41, 5.74) is 7.32. The normalized spacial score (nSPS) is 24.4. The standard InChI is InChI=1S/C38H50F2N2O5/c1-23-17-34(45)28(36(23)47)11-8-12-33(44)32(41)15-16-42(35(46)22-43)37(38(2,3)4)30-20-26(29-21-27(39)13-14-31(29)40)19-25(30)18-24-9-6-5-7-10-24/h5-7,9-10,13-14,21,23,25-26,28,30,32,37,43H,8,11-12,15-20,22,41H2,1-4H3/t23?,25?,26?,28?,30?,32-,37-/m0/s1. The van der Waals surface area contributed by atoms with Gasteiger partial charge in [0.1, 0.15) is 35.6 Å². The van der Waals surface area contributed by atoms with Crippen molar-refractivity contribution in [3.8, 4) is 0 Å². The van der Waals surface area contributed by atoms with Crippen molar-refractivity contribution in [1.82, 2.24) is 4.90 Å². The van der Waals surface area contributed by atoms with Gasteiger partial charge in [0.05, 0.1) is 12.0 Å². The van der Waals surface area contributed by atoms with Crippen molar-refractivity contribution in [2.75, 3.05) is 13.2 Å². The lowest BCUT2D eigenvalue weighted by atomic mass is 9.72. The van der Waals surface area contributed by atoms with Crippen molar-refractivity contribution in [2.24, 2.45) is 34.8 Å². The number of halogens is 2. The molecule has 0 saturated heterocycles. The van der Waals surface area contributed by atoms with Gasteiger partial charge >= 0.3 is 0 Å². The Balaban J connectivity index is 1.53. The average molecular weight is 653 g/mol. The summed E-state index contributed by atoms with van der Waals surface area (Å²) in [6, 6.07) is 12.3. The van der Waals surface area contributed by atoms with Gasteiger partial charge in [-0.05, 0) is 91.0 Å². The van der Waals surface area contributed by atoms with Crippen LogP contribution >= 0.6 is 0 Å². The van der Waals surface area contributed by atoms with Gasteiger partial charge in [0.25, 0.3) is 0 Å². The van der Waals surface area contributed by atoms with Gasteiger partial charge in [0.2, 0.25) is 5.91 Å². The van der Waals surface area contributed by atoms with Gasteiger partial charge in [-0.25, -0.2) is 8.78 Å². The maximum atomic E-state index is 15.1. The van der Waals surface area contributed by atoms with E-state index in [-0.39, 0.29) is 72.9 Å². The third-order valence-corrected chi connectivity index (χ3v) is 10.3. The molecule has 0 heterocycles. The van der Waals surface area contributed by atoms with Crippen LogP contribution in [0.2, 0.25) is 0 Å². The molecule has 3 N–H and O–H groups in total. The number of nitrogens with zero attached hydrogens (tertiary/aromatic N) is 1. The molecule has 0 bridgehead atoms. The highest BCUT2D eigenvalue weighted by Crippen LogP contribution is 2.50. The van der Waals surface area contributed by atoms with Gasteiger partial charge in [-0.2, -0.15) is 0 Å². The molecule has 2 fully saturated rings. The molecule has 256 valence electrons. The quantitative estimate of drug-likeness (QED) is 0.249. The number of aliphatic hydroxyl groups is 1. The summed E-state index contributed by atoms with van der Waals surface area (Å²) in [4.78, 5) is 52.6. The van der Waals surface area contributed by atoms with E-state index in [1.807, 2.05) is 51.1 Å². The topological polar surface area (TPSA) is 118 Å². The Hall–Kier alpha value is -3.30. The SMILES string of the molecule is CC1CC(=O)C(CCCC(=O)[C@@H](N)CCN(C(=O)CO)[C@@H](C2CC(c3cc(F)ccc3F)CC2Cc2ccccc2)C(C)(C)C)C1=O. The molecule has 0 spiro atoms. The number of hydrogen-bond donors (Lipinski definition) is 2. The number of carbonyl (C=O) groups excluding carboxylic acids is 4. The number of ketones is 3. The third kappa shape index (κ3) is 8.99. The van der Waals surface area contributed by atoms with Gasteiger partial charge in [-0.15, -0.1) is 0 Å². The predicted octanol–water partition coefficient (Wildman–Crippen LogP) is 5.80. The Kier molecular flexibility index (Phi) is 12.2. The highest BCUT2D eigenvalue weighted by Gasteiger charge is 2.47. The first-order valence-corrected chi connectivity index (χ1v) is 16.9. The maximum Gasteiger partial charge on any atom is 0.248 e. The van der Waals surface area contributed by atoms with Crippen molar-refractivity contribution in [2.45, 2.75) is 97.1 Å². The molecule has 0 aromatic heterocycles. The molecule has 9 heteroatoms. The van der Waals surface area contributed by atoms with E-state index < -0.39 is 41.5 Å². The Morgan fingerprint density at radius 2 is 1.77 bits per heavy atom. The van der Waals surface area contributed by atoms with E-state index in [1.165, 1.54) is 6.07 Å². The molecule has 4 rings (SSSR count). The molecule has 7 nitrogen and oxygen atoms in total. The highest BCUT2D eigenvalue weighted by atomic mass is 19.1. The minimum absolute atomic E-state index is 0.0299. The lowest BCUT2D eigenvalue weighted by Crippen LogP contribution is -2.54. The molecule has 0 radical (unpaired) electrons. The summed E-state index contributed by atoms with van der Waals surface area (Å²) < 4.78 is 29.4. The van der Waals surface area contributed by atoms with Crippen LogP contribution in [0.1, 0.15) is 89.7 Å². The summed E-state index contributed by atoms with van der Waals surface area (Å²) in [6.45, 7) is 7.27. The van der Waals surface area contributed by atoms with E-state index in [0.29, 0.717) is 37.7 Å². The van der Waals surface area contributed by atoms with Crippen LogP contribution in [0.15, 0.2) is 48.5 Å². The maximum absolute atomic E-state index is 15.1. The van der Waals surface area contributed by atoms with Crippen molar-refractivity contribution < 1.29 is 33.1 Å². The molecule has 0 aliphatic heterocycles. The zero-order valence-corrected chi connectivity index (χ0v) is 28.1. The molecule has 2 aromatic carbocycles. The molecule has 5 unspecified atom stereocenters. The summed E-state index contributed by atoms with van der Waals surface area (Å²) in [5.74, 6) is -3.01. The van der Waals surface area contributed by atoms with Crippen LogP contribution in [0.5, 0.6) is 0 Å². The molecule has 2 aliphatic carbocycles. The van der Waals surface area contributed by atoms with Crippen molar-refractivity contribution in [1.29, 1.82) is 0 Å². The molecule has 2 aliphatic rings.